The maximum Gasteiger partial charge on any atom is 0.0722 e. The first kappa shape index (κ1) is 11.6. The van der Waals surface area contributed by atoms with Crippen molar-refractivity contribution >= 4 is 22.5 Å². The van der Waals surface area contributed by atoms with Gasteiger partial charge < -0.3 is 0 Å². The van der Waals surface area contributed by atoms with E-state index >= 15 is 0 Å². The van der Waals surface area contributed by atoms with Gasteiger partial charge in [-0.15, -0.1) is 0 Å². The molecule has 18 heavy (non-hydrogen) atoms. The summed E-state index contributed by atoms with van der Waals surface area (Å²) in [7, 11) is -0.307. The van der Waals surface area contributed by atoms with Crippen molar-refractivity contribution in [2.24, 2.45) is 0 Å². The number of hydrogen-bond acceptors (Lipinski definition) is 1. The van der Waals surface area contributed by atoms with Gasteiger partial charge in [0.1, 0.15) is 0 Å². The molecule has 1 aliphatic heterocycles. The molecule has 0 bridgehead atoms. The van der Waals surface area contributed by atoms with E-state index in [0.29, 0.717) is 0 Å². The molecule has 4 heteroatoms. The Morgan fingerprint density at radius 3 is 2.44 bits per heavy atom. The molecule has 1 aliphatic rings. The number of nitrogens with zero attached hydrogens (tertiary/aromatic N) is 2. The number of benzene rings is 1. The van der Waals surface area contributed by atoms with Crippen molar-refractivity contribution in [1.29, 1.82) is 0 Å². The second-order valence-electron chi connectivity index (χ2n) is 4.11. The van der Waals surface area contributed by atoms with Crippen LogP contribution in [0.5, 0.6) is 0 Å². The Morgan fingerprint density at radius 2 is 1.78 bits per heavy atom. The fraction of sp³-hybridized carbons (Fsp3) is 0.0714. The molecule has 0 unspecified atom stereocenters. The highest BCUT2D eigenvalue weighted by atomic mass is 35.5. The van der Waals surface area contributed by atoms with Crippen LogP contribution in [-0.2, 0) is 0 Å². The van der Waals surface area contributed by atoms with Crippen LogP contribution in [0.3, 0.4) is 0 Å². The SMILES string of the molecule is Cc1nn(-c2ccc(Cl)cc2)cc1[SH]1C=CC=C1. The van der Waals surface area contributed by atoms with Crippen LogP contribution >= 0.6 is 22.5 Å². The van der Waals surface area contributed by atoms with Crippen LogP contribution in [0.2, 0.25) is 5.02 Å². The van der Waals surface area contributed by atoms with E-state index in [2.05, 4.69) is 41.2 Å². The van der Waals surface area contributed by atoms with Crippen molar-refractivity contribution in [3.8, 4) is 5.69 Å². The molecule has 1 aromatic carbocycles. The lowest BCUT2D eigenvalue weighted by molar-refractivity contribution is 0.863. The van der Waals surface area contributed by atoms with Crippen molar-refractivity contribution in [2.45, 2.75) is 11.8 Å². The molecule has 0 aliphatic carbocycles. The minimum Gasteiger partial charge on any atom is -0.240 e. The maximum atomic E-state index is 5.89. The molecule has 3 rings (SSSR count). The van der Waals surface area contributed by atoms with Gasteiger partial charge in [-0.2, -0.15) is 16.0 Å². The number of rotatable bonds is 2. The van der Waals surface area contributed by atoms with Crippen LogP contribution in [0.15, 0.2) is 58.3 Å². The molecular weight excluding hydrogens is 264 g/mol. The highest BCUT2D eigenvalue weighted by Crippen LogP contribution is 2.43. The molecule has 0 radical (unpaired) electrons. The standard InChI is InChI=1S/C14H13ClN2S/c1-11-14(18-8-2-3-9-18)10-17(16-11)13-6-4-12(15)5-7-13/h2-10,18H,1H3. The van der Waals surface area contributed by atoms with Gasteiger partial charge in [0.15, 0.2) is 0 Å². The fourth-order valence-electron chi connectivity index (χ4n) is 1.93. The number of aryl methyl sites for hydroxylation is 1. The van der Waals surface area contributed by atoms with E-state index in [1.165, 1.54) is 4.90 Å². The Bertz CT molecular complexity index is 614. The van der Waals surface area contributed by atoms with Crippen molar-refractivity contribution < 1.29 is 0 Å². The second kappa shape index (κ2) is 4.67. The quantitative estimate of drug-likeness (QED) is 0.813. The minimum absolute atomic E-state index is 0.307. The zero-order valence-electron chi connectivity index (χ0n) is 9.92. The Kier molecular flexibility index (Phi) is 3.02. The Balaban J connectivity index is 1.99. The average Bonchev–Trinajstić information content (AvgIpc) is 2.99. The number of hydrogen-bond donors (Lipinski definition) is 1. The van der Waals surface area contributed by atoms with Gasteiger partial charge in [0, 0.05) is 16.1 Å². The van der Waals surface area contributed by atoms with Crippen LogP contribution < -0.4 is 0 Å². The van der Waals surface area contributed by atoms with Crippen LogP contribution in [0.1, 0.15) is 5.69 Å². The second-order valence-corrected chi connectivity index (χ2v) is 6.44. The van der Waals surface area contributed by atoms with Crippen LogP contribution in [-0.4, -0.2) is 9.78 Å². The maximum absolute atomic E-state index is 5.89. The van der Waals surface area contributed by atoms with Crippen LogP contribution in [0.25, 0.3) is 5.69 Å². The van der Waals surface area contributed by atoms with Crippen LogP contribution in [0, 0.1) is 6.92 Å². The average molecular weight is 277 g/mol. The van der Waals surface area contributed by atoms with Gasteiger partial charge in [-0.3, -0.25) is 0 Å². The summed E-state index contributed by atoms with van der Waals surface area (Å²) in [6, 6.07) is 7.72. The smallest absolute Gasteiger partial charge is 0.0722 e. The van der Waals surface area contributed by atoms with E-state index in [9.17, 15) is 0 Å². The van der Waals surface area contributed by atoms with Crippen molar-refractivity contribution in [3.05, 3.63) is 64.1 Å². The first-order chi connectivity index (χ1) is 8.74. The summed E-state index contributed by atoms with van der Waals surface area (Å²) in [4.78, 5) is 1.31. The normalized spacial score (nSPS) is 15.6. The van der Waals surface area contributed by atoms with E-state index in [0.717, 1.165) is 16.4 Å². The van der Waals surface area contributed by atoms with Gasteiger partial charge in [-0.25, -0.2) is 4.68 Å². The molecule has 0 spiro atoms. The molecule has 0 saturated heterocycles. The van der Waals surface area contributed by atoms with E-state index in [1.54, 1.807) is 0 Å². The highest BCUT2D eigenvalue weighted by Gasteiger charge is 2.11. The Labute approximate surface area is 114 Å². The Morgan fingerprint density at radius 1 is 1.11 bits per heavy atom. The summed E-state index contributed by atoms with van der Waals surface area (Å²) in [6.45, 7) is 2.06. The number of halogens is 1. The summed E-state index contributed by atoms with van der Waals surface area (Å²) in [5.74, 6) is 0. The van der Waals surface area contributed by atoms with Crippen molar-refractivity contribution in [1.82, 2.24) is 9.78 Å². The molecule has 2 aromatic rings. The molecule has 0 amide bonds. The summed E-state index contributed by atoms with van der Waals surface area (Å²) in [5, 5.41) is 9.80. The fourth-order valence-corrected chi connectivity index (χ4v) is 3.70. The third-order valence-corrected chi connectivity index (χ3v) is 5.08. The molecular formula is C14H13ClN2S. The van der Waals surface area contributed by atoms with Gasteiger partial charge in [0.05, 0.1) is 11.4 Å². The third-order valence-electron chi connectivity index (χ3n) is 2.85. The van der Waals surface area contributed by atoms with E-state index in [4.69, 9.17) is 11.6 Å². The summed E-state index contributed by atoms with van der Waals surface area (Å²) in [6.07, 6.45) is 6.32. The van der Waals surface area contributed by atoms with Gasteiger partial charge in [0.25, 0.3) is 0 Å². The highest BCUT2D eigenvalue weighted by molar-refractivity contribution is 8.22. The third kappa shape index (κ3) is 2.11. The molecule has 1 aromatic heterocycles. The molecule has 92 valence electrons. The number of allylic oxidation sites excluding steroid dienone is 2. The van der Waals surface area contributed by atoms with E-state index in [1.807, 2.05) is 28.9 Å². The topological polar surface area (TPSA) is 17.8 Å². The zero-order valence-corrected chi connectivity index (χ0v) is 11.6. The van der Waals surface area contributed by atoms with Crippen LogP contribution in [0.4, 0.5) is 0 Å². The first-order valence-electron chi connectivity index (χ1n) is 5.69. The lowest BCUT2D eigenvalue weighted by Crippen LogP contribution is -1.93. The molecule has 0 saturated carbocycles. The predicted molar refractivity (Wildman–Crippen MR) is 78.8 cm³/mol. The zero-order chi connectivity index (χ0) is 12.5. The van der Waals surface area contributed by atoms with E-state index in [-0.39, 0.29) is 10.9 Å². The van der Waals surface area contributed by atoms with Gasteiger partial charge in [-0.05, 0) is 42.0 Å². The van der Waals surface area contributed by atoms with Gasteiger partial charge >= 0.3 is 0 Å². The molecule has 0 N–H and O–H groups in total. The largest absolute Gasteiger partial charge is 0.240 e. The summed E-state index contributed by atoms with van der Waals surface area (Å²) in [5.41, 5.74) is 2.13. The van der Waals surface area contributed by atoms with Gasteiger partial charge in [-0.1, -0.05) is 23.8 Å². The molecule has 2 heterocycles. The molecule has 0 atom stereocenters. The molecule has 0 fully saturated rings. The predicted octanol–water partition coefficient (Wildman–Crippen LogP) is 4.24. The summed E-state index contributed by atoms with van der Waals surface area (Å²) < 4.78 is 1.92. The number of aromatic nitrogens is 2. The number of thiol groups is 1. The first-order valence-corrected chi connectivity index (χ1v) is 7.55. The lowest BCUT2D eigenvalue weighted by atomic mass is 10.3. The van der Waals surface area contributed by atoms with E-state index < -0.39 is 0 Å². The van der Waals surface area contributed by atoms with Gasteiger partial charge in [0.2, 0.25) is 0 Å². The summed E-state index contributed by atoms with van der Waals surface area (Å²) >= 11 is 5.89. The minimum atomic E-state index is -0.307. The van der Waals surface area contributed by atoms with Crippen molar-refractivity contribution in [3.63, 3.8) is 0 Å². The lowest BCUT2D eigenvalue weighted by Gasteiger charge is -2.07. The monoisotopic (exact) mass is 276 g/mol. The van der Waals surface area contributed by atoms with Crippen molar-refractivity contribution in [2.75, 3.05) is 0 Å². The Hall–Kier alpha value is -1.45. The molecule has 2 nitrogen and oxygen atoms in total.